The Bertz CT molecular complexity index is 725. The molecule has 3 rings (SSSR count). The van der Waals surface area contributed by atoms with Crippen LogP contribution in [-0.2, 0) is 4.79 Å². The second kappa shape index (κ2) is 9.67. The topological polar surface area (TPSA) is 52.7 Å². The first-order valence-electron chi connectivity index (χ1n) is 9.57. The van der Waals surface area contributed by atoms with E-state index in [0.29, 0.717) is 6.54 Å². The first kappa shape index (κ1) is 19.6. The molecule has 5 nitrogen and oxygen atoms in total. The van der Waals surface area contributed by atoms with E-state index in [-0.39, 0.29) is 17.7 Å². The number of carbonyl (C=O) groups is 2. The maximum atomic E-state index is 12.5. The first-order valence-corrected chi connectivity index (χ1v) is 10.4. The molecular formula is C21H27N3O2S. The molecule has 2 heterocycles. The molecule has 1 unspecified atom stereocenters. The molecule has 0 aliphatic carbocycles. The number of rotatable bonds is 7. The van der Waals surface area contributed by atoms with Gasteiger partial charge in [-0.3, -0.25) is 14.5 Å². The zero-order chi connectivity index (χ0) is 19.1. The lowest BCUT2D eigenvalue weighted by Crippen LogP contribution is -2.50. The van der Waals surface area contributed by atoms with Crippen LogP contribution in [-0.4, -0.2) is 60.9 Å². The zero-order valence-corrected chi connectivity index (χ0v) is 16.6. The number of benzene rings is 1. The summed E-state index contributed by atoms with van der Waals surface area (Å²) >= 11 is 1.49. The minimum atomic E-state index is -0.0912. The maximum absolute atomic E-state index is 12.5. The minimum Gasteiger partial charge on any atom is -0.354 e. The van der Waals surface area contributed by atoms with E-state index in [0.717, 1.165) is 49.6 Å². The van der Waals surface area contributed by atoms with E-state index in [2.05, 4.69) is 10.2 Å². The van der Waals surface area contributed by atoms with E-state index < -0.39 is 0 Å². The molecule has 0 spiro atoms. The number of carbonyl (C=O) groups excluding carboxylic acids is 2. The Labute approximate surface area is 165 Å². The molecule has 1 atom stereocenters. The van der Waals surface area contributed by atoms with Crippen LogP contribution in [0.3, 0.4) is 0 Å². The fraction of sp³-hybridized carbons (Fsp3) is 0.429. The van der Waals surface area contributed by atoms with Crippen LogP contribution in [0, 0.1) is 0 Å². The van der Waals surface area contributed by atoms with E-state index in [9.17, 15) is 9.59 Å². The molecular weight excluding hydrogens is 358 g/mol. The summed E-state index contributed by atoms with van der Waals surface area (Å²) < 4.78 is 0. The van der Waals surface area contributed by atoms with Crippen molar-refractivity contribution in [1.82, 2.24) is 15.1 Å². The molecule has 1 saturated heterocycles. The highest BCUT2D eigenvalue weighted by Gasteiger charge is 2.23. The number of amides is 2. The van der Waals surface area contributed by atoms with Gasteiger partial charge in [0.2, 0.25) is 5.91 Å². The van der Waals surface area contributed by atoms with Gasteiger partial charge < -0.3 is 10.2 Å². The lowest BCUT2D eigenvalue weighted by atomic mass is 9.96. The lowest BCUT2D eigenvalue weighted by Gasteiger charge is -2.34. The molecule has 1 aliphatic heterocycles. The molecule has 2 amide bonds. The van der Waals surface area contributed by atoms with Crippen molar-refractivity contribution in [3.05, 3.63) is 58.3 Å². The Kier molecular flexibility index (Phi) is 7.01. The summed E-state index contributed by atoms with van der Waals surface area (Å²) in [6, 6.07) is 13.7. The van der Waals surface area contributed by atoms with E-state index >= 15 is 0 Å². The number of thiophene rings is 1. The third kappa shape index (κ3) is 5.17. The Morgan fingerprint density at radius 2 is 1.81 bits per heavy atom. The minimum absolute atomic E-state index is 0.0912. The average molecular weight is 386 g/mol. The standard InChI is InChI=1S/C21H27N3O2S/c1-2-18(17-7-4-3-5-8-17)20(25)22-10-11-23-12-14-24(15-13-23)21(26)19-9-6-16-27-19/h3-9,16,18H,2,10-15H2,1H3,(H,22,25). The quantitative estimate of drug-likeness (QED) is 0.797. The third-order valence-corrected chi connectivity index (χ3v) is 5.90. The predicted molar refractivity (Wildman–Crippen MR) is 109 cm³/mol. The van der Waals surface area contributed by atoms with Crippen LogP contribution < -0.4 is 5.32 Å². The highest BCUT2D eigenvalue weighted by Crippen LogP contribution is 2.19. The van der Waals surface area contributed by atoms with Crippen LogP contribution in [0.15, 0.2) is 47.8 Å². The van der Waals surface area contributed by atoms with Gasteiger partial charge in [0.15, 0.2) is 0 Å². The van der Waals surface area contributed by atoms with Crippen molar-refractivity contribution < 1.29 is 9.59 Å². The molecule has 1 aromatic carbocycles. The third-order valence-electron chi connectivity index (χ3n) is 5.05. The molecule has 1 fully saturated rings. The maximum Gasteiger partial charge on any atom is 0.264 e. The summed E-state index contributed by atoms with van der Waals surface area (Å²) in [6.45, 7) is 6.68. The number of nitrogens with one attached hydrogen (secondary N) is 1. The fourth-order valence-corrected chi connectivity index (χ4v) is 4.14. The van der Waals surface area contributed by atoms with Gasteiger partial charge in [0.1, 0.15) is 0 Å². The number of hydrogen-bond acceptors (Lipinski definition) is 4. The van der Waals surface area contributed by atoms with E-state index in [1.54, 1.807) is 0 Å². The fourth-order valence-electron chi connectivity index (χ4n) is 3.45. The Balaban J connectivity index is 1.40. The molecule has 144 valence electrons. The van der Waals surface area contributed by atoms with E-state index in [4.69, 9.17) is 0 Å². The van der Waals surface area contributed by atoms with Crippen LogP contribution in [0.25, 0.3) is 0 Å². The summed E-state index contributed by atoms with van der Waals surface area (Å²) in [5, 5.41) is 5.01. The highest BCUT2D eigenvalue weighted by atomic mass is 32.1. The monoisotopic (exact) mass is 385 g/mol. The summed E-state index contributed by atoms with van der Waals surface area (Å²) in [7, 11) is 0. The van der Waals surface area contributed by atoms with Gasteiger partial charge in [0.25, 0.3) is 5.91 Å². The number of nitrogens with zero attached hydrogens (tertiary/aromatic N) is 2. The molecule has 1 N–H and O–H groups in total. The van der Waals surface area contributed by atoms with Gasteiger partial charge in [-0.2, -0.15) is 0 Å². The smallest absolute Gasteiger partial charge is 0.264 e. The van der Waals surface area contributed by atoms with Crippen LogP contribution in [0.5, 0.6) is 0 Å². The summed E-state index contributed by atoms with van der Waals surface area (Å²) in [5.41, 5.74) is 1.07. The molecule has 0 radical (unpaired) electrons. The van der Waals surface area contributed by atoms with Crippen molar-refractivity contribution in [2.24, 2.45) is 0 Å². The second-order valence-corrected chi connectivity index (χ2v) is 7.72. The van der Waals surface area contributed by atoms with Crippen LogP contribution in [0.4, 0.5) is 0 Å². The van der Waals surface area contributed by atoms with Crippen LogP contribution in [0.1, 0.15) is 34.5 Å². The number of piperazine rings is 1. The van der Waals surface area contributed by atoms with Crippen molar-refractivity contribution in [2.45, 2.75) is 19.3 Å². The van der Waals surface area contributed by atoms with Gasteiger partial charge in [-0.15, -0.1) is 11.3 Å². The highest BCUT2D eigenvalue weighted by molar-refractivity contribution is 7.12. The van der Waals surface area contributed by atoms with Crippen molar-refractivity contribution >= 4 is 23.2 Å². The molecule has 2 aromatic rings. The first-order chi connectivity index (χ1) is 13.2. The molecule has 1 aromatic heterocycles. The molecule has 0 saturated carbocycles. The normalized spacial score (nSPS) is 16.1. The van der Waals surface area contributed by atoms with Gasteiger partial charge >= 0.3 is 0 Å². The van der Waals surface area contributed by atoms with Gasteiger partial charge in [-0.1, -0.05) is 43.3 Å². The predicted octanol–water partition coefficient (Wildman–Crippen LogP) is 2.82. The Morgan fingerprint density at radius 3 is 2.44 bits per heavy atom. The van der Waals surface area contributed by atoms with Crippen molar-refractivity contribution in [2.75, 3.05) is 39.3 Å². The zero-order valence-electron chi connectivity index (χ0n) is 15.8. The lowest BCUT2D eigenvalue weighted by molar-refractivity contribution is -0.122. The molecule has 6 heteroatoms. The molecule has 27 heavy (non-hydrogen) atoms. The van der Waals surface area contributed by atoms with Crippen molar-refractivity contribution in [1.29, 1.82) is 0 Å². The summed E-state index contributed by atoms with van der Waals surface area (Å²) in [6.07, 6.45) is 0.791. The van der Waals surface area contributed by atoms with Crippen LogP contribution in [0.2, 0.25) is 0 Å². The van der Waals surface area contributed by atoms with Crippen LogP contribution >= 0.6 is 11.3 Å². The SMILES string of the molecule is CCC(C(=O)NCCN1CCN(C(=O)c2cccs2)CC1)c1ccccc1. The summed E-state index contributed by atoms with van der Waals surface area (Å²) in [4.78, 5) is 29.9. The largest absolute Gasteiger partial charge is 0.354 e. The Morgan fingerprint density at radius 1 is 1.07 bits per heavy atom. The van der Waals surface area contributed by atoms with Crippen molar-refractivity contribution in [3.8, 4) is 0 Å². The number of hydrogen-bond donors (Lipinski definition) is 1. The van der Waals surface area contributed by atoms with E-state index in [1.807, 2.05) is 59.7 Å². The van der Waals surface area contributed by atoms with Crippen molar-refractivity contribution in [3.63, 3.8) is 0 Å². The molecule has 0 bridgehead atoms. The van der Waals surface area contributed by atoms with Gasteiger partial charge in [0, 0.05) is 39.3 Å². The van der Waals surface area contributed by atoms with Gasteiger partial charge in [-0.25, -0.2) is 0 Å². The summed E-state index contributed by atoms with van der Waals surface area (Å²) in [5.74, 6) is 0.133. The Hall–Kier alpha value is -2.18. The van der Waals surface area contributed by atoms with E-state index in [1.165, 1.54) is 11.3 Å². The van der Waals surface area contributed by atoms with Gasteiger partial charge in [0.05, 0.1) is 10.8 Å². The molecule has 1 aliphatic rings. The average Bonchev–Trinajstić information content (AvgIpc) is 3.24. The second-order valence-electron chi connectivity index (χ2n) is 6.77. The van der Waals surface area contributed by atoms with Gasteiger partial charge in [-0.05, 0) is 23.4 Å².